The fourth-order valence-corrected chi connectivity index (χ4v) is 2.98. The lowest BCUT2D eigenvalue weighted by atomic mass is 10.0. The summed E-state index contributed by atoms with van der Waals surface area (Å²) in [7, 11) is 0. The molecule has 1 unspecified atom stereocenters. The lowest BCUT2D eigenvalue weighted by Crippen LogP contribution is -2.29. The Kier molecular flexibility index (Phi) is 6.15. The topological polar surface area (TPSA) is 29.1 Å². The van der Waals surface area contributed by atoms with Gasteiger partial charge in [-0.1, -0.05) is 48.9 Å². The Morgan fingerprint density at radius 3 is 2.62 bits per heavy atom. The number of hydrogen-bond acceptors (Lipinski definition) is 2. The van der Waals surface area contributed by atoms with Crippen LogP contribution in [0.2, 0.25) is 5.02 Å². The molecule has 0 bridgehead atoms. The molecule has 0 saturated heterocycles. The van der Waals surface area contributed by atoms with Crippen LogP contribution < -0.4 is 5.32 Å². The van der Waals surface area contributed by atoms with Crippen LogP contribution in [-0.2, 0) is 4.79 Å². The van der Waals surface area contributed by atoms with Gasteiger partial charge in [-0.25, -0.2) is 0 Å². The fourth-order valence-electron chi connectivity index (χ4n) is 2.05. The summed E-state index contributed by atoms with van der Waals surface area (Å²) < 4.78 is 0. The number of carbonyl (C=O) groups is 1. The molecule has 0 spiro atoms. The van der Waals surface area contributed by atoms with Crippen molar-refractivity contribution in [2.45, 2.75) is 24.3 Å². The molecule has 2 aromatic carbocycles. The molecule has 1 N–H and O–H groups in total. The fraction of sp³-hybridized carbons (Fsp3) is 0.235. The normalized spacial score (nSPS) is 11.9. The van der Waals surface area contributed by atoms with Gasteiger partial charge in [0, 0.05) is 9.92 Å². The SMILES string of the molecule is CCC(NC(=O)CSc1ccccc1)c1cccc(Cl)c1. The summed E-state index contributed by atoms with van der Waals surface area (Å²) in [5.74, 6) is 0.455. The van der Waals surface area contributed by atoms with Crippen molar-refractivity contribution in [3.63, 3.8) is 0 Å². The largest absolute Gasteiger partial charge is 0.349 e. The molecule has 0 fully saturated rings. The zero-order valence-electron chi connectivity index (χ0n) is 11.9. The number of rotatable bonds is 6. The molecule has 0 aliphatic carbocycles. The van der Waals surface area contributed by atoms with Crippen molar-refractivity contribution in [2.75, 3.05) is 5.75 Å². The van der Waals surface area contributed by atoms with Gasteiger partial charge in [0.1, 0.15) is 0 Å². The van der Waals surface area contributed by atoms with E-state index >= 15 is 0 Å². The molecule has 0 heterocycles. The molecule has 0 radical (unpaired) electrons. The lowest BCUT2D eigenvalue weighted by molar-refractivity contribution is -0.119. The van der Waals surface area contributed by atoms with Gasteiger partial charge in [0.15, 0.2) is 0 Å². The molecular weight excluding hydrogens is 302 g/mol. The van der Waals surface area contributed by atoms with Crippen molar-refractivity contribution in [2.24, 2.45) is 0 Å². The highest BCUT2D eigenvalue weighted by molar-refractivity contribution is 8.00. The van der Waals surface area contributed by atoms with Gasteiger partial charge in [-0.15, -0.1) is 11.8 Å². The monoisotopic (exact) mass is 319 g/mol. The first-order valence-corrected chi connectivity index (χ1v) is 8.28. The Bertz CT molecular complexity index is 588. The summed E-state index contributed by atoms with van der Waals surface area (Å²) in [6.45, 7) is 2.05. The zero-order chi connectivity index (χ0) is 15.1. The predicted octanol–water partition coefficient (Wildman–Crippen LogP) is 4.70. The van der Waals surface area contributed by atoms with E-state index in [0.29, 0.717) is 10.8 Å². The molecule has 110 valence electrons. The molecule has 0 aromatic heterocycles. The second-order valence-electron chi connectivity index (χ2n) is 4.69. The molecule has 1 amide bonds. The summed E-state index contributed by atoms with van der Waals surface area (Å²) in [5, 5.41) is 3.76. The first kappa shape index (κ1) is 15.9. The number of hydrogen-bond donors (Lipinski definition) is 1. The maximum atomic E-state index is 12.1. The second kappa shape index (κ2) is 8.11. The number of benzene rings is 2. The predicted molar refractivity (Wildman–Crippen MR) is 89.8 cm³/mol. The highest BCUT2D eigenvalue weighted by Gasteiger charge is 2.13. The zero-order valence-corrected chi connectivity index (χ0v) is 13.5. The first-order valence-electron chi connectivity index (χ1n) is 6.91. The summed E-state index contributed by atoms with van der Waals surface area (Å²) >= 11 is 7.55. The van der Waals surface area contributed by atoms with E-state index < -0.39 is 0 Å². The molecule has 2 nitrogen and oxygen atoms in total. The standard InChI is InChI=1S/C17H18ClNOS/c1-2-16(13-7-6-8-14(18)11-13)19-17(20)12-21-15-9-4-3-5-10-15/h3-11,16H,2,12H2,1H3,(H,19,20). The van der Waals surface area contributed by atoms with E-state index in [0.717, 1.165) is 16.9 Å². The molecule has 0 aliphatic heterocycles. The van der Waals surface area contributed by atoms with Gasteiger partial charge >= 0.3 is 0 Å². The van der Waals surface area contributed by atoms with Crippen LogP contribution in [0, 0.1) is 0 Å². The Balaban J connectivity index is 1.91. The van der Waals surface area contributed by atoms with E-state index in [1.165, 1.54) is 0 Å². The minimum atomic E-state index is 0.00701. The third kappa shape index (κ3) is 5.10. The van der Waals surface area contributed by atoms with Gasteiger partial charge in [-0.2, -0.15) is 0 Å². The third-order valence-electron chi connectivity index (χ3n) is 3.11. The number of amides is 1. The second-order valence-corrected chi connectivity index (χ2v) is 6.17. The van der Waals surface area contributed by atoms with Gasteiger partial charge < -0.3 is 5.32 Å². The summed E-state index contributed by atoms with van der Waals surface area (Å²) in [6, 6.07) is 17.6. The number of nitrogens with one attached hydrogen (secondary N) is 1. The molecule has 1 atom stereocenters. The molecule has 4 heteroatoms. The van der Waals surface area contributed by atoms with E-state index in [-0.39, 0.29) is 11.9 Å². The van der Waals surface area contributed by atoms with Crippen molar-refractivity contribution in [3.05, 3.63) is 65.2 Å². The average Bonchev–Trinajstić information content (AvgIpc) is 2.51. The lowest BCUT2D eigenvalue weighted by Gasteiger charge is -2.17. The van der Waals surface area contributed by atoms with Gasteiger partial charge in [0.05, 0.1) is 11.8 Å². The van der Waals surface area contributed by atoms with E-state index in [2.05, 4.69) is 12.2 Å². The van der Waals surface area contributed by atoms with Crippen LogP contribution in [0.5, 0.6) is 0 Å². The van der Waals surface area contributed by atoms with Crippen LogP contribution >= 0.6 is 23.4 Å². The Morgan fingerprint density at radius 2 is 1.95 bits per heavy atom. The number of thioether (sulfide) groups is 1. The Morgan fingerprint density at radius 1 is 1.19 bits per heavy atom. The van der Waals surface area contributed by atoms with Crippen LogP contribution in [0.25, 0.3) is 0 Å². The van der Waals surface area contributed by atoms with Crippen LogP contribution in [-0.4, -0.2) is 11.7 Å². The van der Waals surface area contributed by atoms with Crippen LogP contribution in [0.3, 0.4) is 0 Å². The van der Waals surface area contributed by atoms with Crippen molar-refractivity contribution in [1.82, 2.24) is 5.32 Å². The maximum absolute atomic E-state index is 12.1. The van der Waals surface area contributed by atoms with Crippen LogP contribution in [0.15, 0.2) is 59.5 Å². The van der Waals surface area contributed by atoms with Crippen LogP contribution in [0.4, 0.5) is 0 Å². The van der Waals surface area contributed by atoms with Gasteiger partial charge in [0.25, 0.3) is 0 Å². The molecule has 2 rings (SSSR count). The Labute approximate surface area is 134 Å². The number of halogens is 1. The molecule has 21 heavy (non-hydrogen) atoms. The third-order valence-corrected chi connectivity index (χ3v) is 4.35. The van der Waals surface area contributed by atoms with Gasteiger partial charge in [0.2, 0.25) is 5.91 Å². The summed E-state index contributed by atoms with van der Waals surface area (Å²) in [6.07, 6.45) is 0.835. The van der Waals surface area contributed by atoms with Gasteiger partial charge in [-0.3, -0.25) is 4.79 Å². The van der Waals surface area contributed by atoms with E-state index in [4.69, 9.17) is 11.6 Å². The highest BCUT2D eigenvalue weighted by atomic mass is 35.5. The first-order chi connectivity index (χ1) is 10.2. The maximum Gasteiger partial charge on any atom is 0.230 e. The van der Waals surface area contributed by atoms with Crippen molar-refractivity contribution >= 4 is 29.3 Å². The molecule has 2 aromatic rings. The molecule has 0 saturated carbocycles. The van der Waals surface area contributed by atoms with Crippen molar-refractivity contribution < 1.29 is 4.79 Å². The summed E-state index contributed by atoms with van der Waals surface area (Å²) in [5.41, 5.74) is 1.04. The van der Waals surface area contributed by atoms with E-state index in [9.17, 15) is 4.79 Å². The van der Waals surface area contributed by atoms with E-state index in [1.807, 2.05) is 54.6 Å². The van der Waals surface area contributed by atoms with Crippen molar-refractivity contribution in [1.29, 1.82) is 0 Å². The van der Waals surface area contributed by atoms with Gasteiger partial charge in [-0.05, 0) is 36.2 Å². The van der Waals surface area contributed by atoms with E-state index in [1.54, 1.807) is 11.8 Å². The molecule has 0 aliphatic rings. The minimum absolute atomic E-state index is 0.00701. The smallest absolute Gasteiger partial charge is 0.230 e. The Hall–Kier alpha value is -1.45. The quantitative estimate of drug-likeness (QED) is 0.782. The summed E-state index contributed by atoms with van der Waals surface area (Å²) in [4.78, 5) is 13.2. The van der Waals surface area contributed by atoms with Crippen LogP contribution in [0.1, 0.15) is 24.9 Å². The minimum Gasteiger partial charge on any atom is -0.349 e. The highest BCUT2D eigenvalue weighted by Crippen LogP contribution is 2.21. The number of carbonyl (C=O) groups excluding carboxylic acids is 1. The molecular formula is C17H18ClNOS. The van der Waals surface area contributed by atoms with Crippen molar-refractivity contribution in [3.8, 4) is 0 Å². The average molecular weight is 320 g/mol.